The molecule has 0 aromatic carbocycles. The molecule has 0 N–H and O–H groups in total. The molecule has 0 saturated heterocycles. The molecule has 0 fully saturated rings. The highest BCUT2D eigenvalue weighted by Crippen LogP contribution is 2.18. The number of likely N-dealkylation sites (N-methyl/N-ethyl adjacent to an activating group) is 2. The van der Waals surface area contributed by atoms with Crippen molar-refractivity contribution in [3.8, 4) is 0 Å². The van der Waals surface area contributed by atoms with Crippen LogP contribution in [-0.4, -0.2) is 56.9 Å². The fraction of sp³-hybridized carbons (Fsp3) is 1.00. The predicted molar refractivity (Wildman–Crippen MR) is 52.3 cm³/mol. The molecule has 3 heteroatoms. The molecule has 0 spiro atoms. The van der Waals surface area contributed by atoms with Crippen molar-refractivity contribution in [3.05, 3.63) is 0 Å². The van der Waals surface area contributed by atoms with Crippen molar-refractivity contribution in [1.29, 1.82) is 0 Å². The van der Waals surface area contributed by atoms with E-state index in [4.69, 9.17) is 4.74 Å². The molecule has 3 nitrogen and oxygen atoms in total. The van der Waals surface area contributed by atoms with Gasteiger partial charge in [0.25, 0.3) is 0 Å². The van der Waals surface area contributed by atoms with Crippen LogP contribution in [0.15, 0.2) is 0 Å². The van der Waals surface area contributed by atoms with Crippen molar-refractivity contribution in [1.82, 2.24) is 9.80 Å². The van der Waals surface area contributed by atoms with Crippen LogP contribution in [0.3, 0.4) is 0 Å². The van der Waals surface area contributed by atoms with E-state index in [0.717, 1.165) is 0 Å². The molecule has 0 aromatic heterocycles. The summed E-state index contributed by atoms with van der Waals surface area (Å²) in [5.74, 6) is 0. The maximum Gasteiger partial charge on any atom is 0.0909 e. The van der Waals surface area contributed by atoms with E-state index >= 15 is 0 Å². The molecular weight excluding hydrogens is 152 g/mol. The Kier molecular flexibility index (Phi) is 4.17. The number of ether oxygens (including phenoxy) is 1. The lowest BCUT2D eigenvalue weighted by Gasteiger charge is -2.41. The Labute approximate surface area is 76.3 Å². The van der Waals surface area contributed by atoms with Gasteiger partial charge in [-0.2, -0.15) is 0 Å². The van der Waals surface area contributed by atoms with Crippen molar-refractivity contribution >= 4 is 0 Å². The van der Waals surface area contributed by atoms with Gasteiger partial charge in [-0.15, -0.1) is 0 Å². The standard InChI is InChI=1S/C9H22N2O/c1-9(2,12-7)8(10(3)4)11(5)6/h8H,1-7H3. The van der Waals surface area contributed by atoms with Crippen molar-refractivity contribution < 1.29 is 4.74 Å². The molecule has 0 aliphatic rings. The number of rotatable bonds is 4. The quantitative estimate of drug-likeness (QED) is 0.588. The van der Waals surface area contributed by atoms with Crippen LogP contribution in [0.2, 0.25) is 0 Å². The third-order valence-electron chi connectivity index (χ3n) is 2.13. The first-order chi connectivity index (χ1) is 5.33. The third kappa shape index (κ3) is 2.73. The first kappa shape index (κ1) is 11.9. The SMILES string of the molecule is COC(C)(C)C(N(C)C)N(C)C. The third-order valence-corrected chi connectivity index (χ3v) is 2.13. The van der Waals surface area contributed by atoms with Crippen molar-refractivity contribution in [3.63, 3.8) is 0 Å². The van der Waals surface area contributed by atoms with E-state index < -0.39 is 0 Å². The second kappa shape index (κ2) is 4.21. The van der Waals surface area contributed by atoms with Crippen LogP contribution in [0.25, 0.3) is 0 Å². The summed E-state index contributed by atoms with van der Waals surface area (Å²) in [4.78, 5) is 4.31. The molecule has 74 valence electrons. The molecule has 0 aliphatic carbocycles. The molecule has 0 unspecified atom stereocenters. The topological polar surface area (TPSA) is 15.7 Å². The molecule has 0 heterocycles. The van der Waals surface area contributed by atoms with E-state index in [-0.39, 0.29) is 5.60 Å². The predicted octanol–water partition coefficient (Wildman–Crippen LogP) is 0.861. The molecule has 0 saturated carbocycles. The zero-order valence-electron chi connectivity index (χ0n) is 9.38. The lowest BCUT2D eigenvalue weighted by atomic mass is 10.0. The normalized spacial score (nSPS) is 13.5. The summed E-state index contributed by atoms with van der Waals surface area (Å²) in [5.41, 5.74) is -0.146. The van der Waals surface area contributed by atoms with Gasteiger partial charge in [0.15, 0.2) is 0 Å². The van der Waals surface area contributed by atoms with Crippen LogP contribution in [0, 0.1) is 0 Å². The highest BCUT2D eigenvalue weighted by atomic mass is 16.5. The zero-order chi connectivity index (χ0) is 9.94. The van der Waals surface area contributed by atoms with Gasteiger partial charge >= 0.3 is 0 Å². The van der Waals surface area contributed by atoms with E-state index in [2.05, 4.69) is 51.8 Å². The lowest BCUT2D eigenvalue weighted by molar-refractivity contribution is -0.0899. The van der Waals surface area contributed by atoms with Crippen LogP contribution in [0.4, 0.5) is 0 Å². The average molecular weight is 174 g/mol. The summed E-state index contributed by atoms with van der Waals surface area (Å²) >= 11 is 0. The molecule has 0 bridgehead atoms. The summed E-state index contributed by atoms with van der Waals surface area (Å²) in [6, 6.07) is 0. The highest BCUT2D eigenvalue weighted by molar-refractivity contribution is 4.82. The molecule has 0 aromatic rings. The van der Waals surface area contributed by atoms with Gasteiger partial charge < -0.3 is 4.74 Å². The Morgan fingerprint density at radius 2 is 1.33 bits per heavy atom. The van der Waals surface area contributed by atoms with Gasteiger partial charge in [-0.05, 0) is 42.0 Å². The Morgan fingerprint density at radius 3 is 1.42 bits per heavy atom. The second-order valence-electron chi connectivity index (χ2n) is 4.11. The van der Waals surface area contributed by atoms with E-state index in [1.807, 2.05) is 0 Å². The van der Waals surface area contributed by atoms with Gasteiger partial charge in [0.05, 0.1) is 11.8 Å². The molecule has 0 rings (SSSR count). The second-order valence-corrected chi connectivity index (χ2v) is 4.11. The minimum Gasteiger partial charge on any atom is -0.376 e. The molecule has 0 atom stereocenters. The van der Waals surface area contributed by atoms with E-state index in [1.165, 1.54) is 0 Å². The number of hydrogen-bond donors (Lipinski definition) is 0. The summed E-state index contributed by atoms with van der Waals surface area (Å²) in [6.07, 6.45) is 0.294. The van der Waals surface area contributed by atoms with Gasteiger partial charge in [-0.25, -0.2) is 0 Å². The van der Waals surface area contributed by atoms with E-state index in [0.29, 0.717) is 6.17 Å². The summed E-state index contributed by atoms with van der Waals surface area (Å²) in [6.45, 7) is 4.19. The zero-order valence-corrected chi connectivity index (χ0v) is 9.38. The van der Waals surface area contributed by atoms with Crippen molar-refractivity contribution in [2.75, 3.05) is 35.3 Å². The molecule has 0 aliphatic heterocycles. The Balaban J connectivity index is 4.50. The molecule has 0 amide bonds. The maximum absolute atomic E-state index is 5.44. The van der Waals surface area contributed by atoms with Crippen molar-refractivity contribution in [2.45, 2.75) is 25.6 Å². The van der Waals surface area contributed by atoms with Crippen LogP contribution >= 0.6 is 0 Å². The minimum atomic E-state index is -0.146. The van der Waals surface area contributed by atoms with Gasteiger partial charge in [0.2, 0.25) is 0 Å². The molecular formula is C9H22N2O. The summed E-state index contributed by atoms with van der Waals surface area (Å²) in [7, 11) is 9.99. The first-order valence-electron chi connectivity index (χ1n) is 4.21. The monoisotopic (exact) mass is 174 g/mol. The Bertz CT molecular complexity index is 124. The number of nitrogens with zero attached hydrogens (tertiary/aromatic N) is 2. The van der Waals surface area contributed by atoms with Crippen LogP contribution < -0.4 is 0 Å². The van der Waals surface area contributed by atoms with Gasteiger partial charge in [-0.3, -0.25) is 9.80 Å². The smallest absolute Gasteiger partial charge is 0.0909 e. The van der Waals surface area contributed by atoms with E-state index in [1.54, 1.807) is 7.11 Å². The summed E-state index contributed by atoms with van der Waals surface area (Å²) in [5, 5.41) is 0. The maximum atomic E-state index is 5.44. The fourth-order valence-electron chi connectivity index (χ4n) is 1.81. The number of methoxy groups -OCH3 is 1. The largest absolute Gasteiger partial charge is 0.376 e. The van der Waals surface area contributed by atoms with E-state index in [9.17, 15) is 0 Å². The first-order valence-corrected chi connectivity index (χ1v) is 4.21. The average Bonchev–Trinajstić information content (AvgIpc) is 1.84. The van der Waals surface area contributed by atoms with Crippen molar-refractivity contribution in [2.24, 2.45) is 0 Å². The van der Waals surface area contributed by atoms with Crippen LogP contribution in [-0.2, 0) is 4.74 Å². The summed E-state index contributed by atoms with van der Waals surface area (Å²) < 4.78 is 5.44. The lowest BCUT2D eigenvalue weighted by Crippen LogP contribution is -2.55. The Morgan fingerprint density at radius 1 is 1.00 bits per heavy atom. The highest BCUT2D eigenvalue weighted by Gasteiger charge is 2.32. The fourth-order valence-corrected chi connectivity index (χ4v) is 1.81. The van der Waals surface area contributed by atoms with Crippen LogP contribution in [0.1, 0.15) is 13.8 Å². The molecule has 0 radical (unpaired) electrons. The Hall–Kier alpha value is -0.120. The minimum absolute atomic E-state index is 0.146. The van der Waals surface area contributed by atoms with Gasteiger partial charge in [0.1, 0.15) is 0 Å². The van der Waals surface area contributed by atoms with Gasteiger partial charge in [0, 0.05) is 7.11 Å². The van der Waals surface area contributed by atoms with Gasteiger partial charge in [-0.1, -0.05) is 0 Å². The number of hydrogen-bond acceptors (Lipinski definition) is 3. The molecule has 12 heavy (non-hydrogen) atoms. The van der Waals surface area contributed by atoms with Crippen LogP contribution in [0.5, 0.6) is 0 Å².